The zero-order chi connectivity index (χ0) is 13.9. The molecule has 0 fully saturated rings. The summed E-state index contributed by atoms with van der Waals surface area (Å²) in [5.41, 5.74) is 3.43. The first-order chi connectivity index (χ1) is 8.98. The summed E-state index contributed by atoms with van der Waals surface area (Å²) in [4.78, 5) is 0. The molecule has 0 spiro atoms. The number of hydrogen-bond donors (Lipinski definition) is 1. The highest BCUT2D eigenvalue weighted by atomic mass is 16.5. The number of rotatable bonds is 4. The summed E-state index contributed by atoms with van der Waals surface area (Å²) in [5, 5.41) is 7.50. The second kappa shape index (κ2) is 5.57. The highest BCUT2D eigenvalue weighted by Gasteiger charge is 2.11. The van der Waals surface area contributed by atoms with Crippen LogP contribution in [0.15, 0.2) is 34.9 Å². The van der Waals surface area contributed by atoms with Crippen LogP contribution in [0.4, 0.5) is 0 Å². The van der Waals surface area contributed by atoms with E-state index >= 15 is 0 Å². The van der Waals surface area contributed by atoms with Crippen molar-refractivity contribution in [3.63, 3.8) is 0 Å². The topological polar surface area (TPSA) is 38.1 Å². The zero-order valence-electron chi connectivity index (χ0n) is 12.2. The quantitative estimate of drug-likeness (QED) is 0.906. The van der Waals surface area contributed by atoms with Gasteiger partial charge in [0.05, 0.1) is 5.69 Å². The van der Waals surface area contributed by atoms with Crippen molar-refractivity contribution < 1.29 is 4.52 Å². The van der Waals surface area contributed by atoms with E-state index in [4.69, 9.17) is 4.52 Å². The zero-order valence-corrected chi connectivity index (χ0v) is 12.2. The number of aryl methyl sites for hydroxylation is 1. The van der Waals surface area contributed by atoms with Gasteiger partial charge in [-0.2, -0.15) is 0 Å². The second-order valence-electron chi connectivity index (χ2n) is 5.84. The van der Waals surface area contributed by atoms with Crippen LogP contribution in [0.5, 0.6) is 0 Å². The molecule has 1 aromatic heterocycles. The fourth-order valence-corrected chi connectivity index (χ4v) is 1.79. The van der Waals surface area contributed by atoms with Gasteiger partial charge in [-0.25, -0.2) is 0 Å². The highest BCUT2D eigenvalue weighted by molar-refractivity contribution is 5.57. The van der Waals surface area contributed by atoms with Crippen LogP contribution in [0.2, 0.25) is 0 Å². The number of hydrogen-bond acceptors (Lipinski definition) is 3. The first kappa shape index (κ1) is 13.8. The molecule has 19 heavy (non-hydrogen) atoms. The van der Waals surface area contributed by atoms with Crippen LogP contribution >= 0.6 is 0 Å². The van der Waals surface area contributed by atoms with E-state index in [0.717, 1.165) is 30.0 Å². The third-order valence-electron chi connectivity index (χ3n) is 3.01. The average Bonchev–Trinajstić information content (AvgIpc) is 2.84. The van der Waals surface area contributed by atoms with Crippen LogP contribution < -0.4 is 5.32 Å². The minimum atomic E-state index is 0.0852. The van der Waals surface area contributed by atoms with Crippen LogP contribution in [0.25, 0.3) is 11.3 Å². The lowest BCUT2D eigenvalue weighted by molar-refractivity contribution is 0.392. The van der Waals surface area contributed by atoms with E-state index in [1.165, 1.54) is 5.56 Å². The maximum atomic E-state index is 5.40. The molecule has 0 unspecified atom stereocenters. The normalized spacial score (nSPS) is 11.8. The van der Waals surface area contributed by atoms with Gasteiger partial charge in [0.1, 0.15) is 0 Å². The van der Waals surface area contributed by atoms with Crippen LogP contribution in [0.1, 0.15) is 39.0 Å². The molecule has 0 saturated heterocycles. The van der Waals surface area contributed by atoms with Crippen molar-refractivity contribution in [2.24, 2.45) is 0 Å². The first-order valence-electron chi connectivity index (χ1n) is 6.78. The Hall–Kier alpha value is -1.61. The maximum Gasteiger partial charge on any atom is 0.167 e. The predicted molar refractivity (Wildman–Crippen MR) is 77.9 cm³/mol. The number of benzene rings is 1. The SMILES string of the molecule is CCc1ccc(-c2cc(CNC(C)(C)C)no2)cc1. The van der Waals surface area contributed by atoms with Gasteiger partial charge >= 0.3 is 0 Å². The Morgan fingerprint density at radius 2 is 1.84 bits per heavy atom. The molecule has 3 heteroatoms. The summed E-state index contributed by atoms with van der Waals surface area (Å²) in [6, 6.07) is 10.4. The average molecular weight is 258 g/mol. The minimum absolute atomic E-state index is 0.0852. The third kappa shape index (κ3) is 3.93. The molecule has 2 aromatic rings. The summed E-state index contributed by atoms with van der Waals surface area (Å²) in [5.74, 6) is 0.827. The van der Waals surface area contributed by atoms with Crippen molar-refractivity contribution in [2.75, 3.05) is 0 Å². The lowest BCUT2D eigenvalue weighted by atomic mass is 10.1. The van der Waals surface area contributed by atoms with Crippen molar-refractivity contribution in [1.82, 2.24) is 10.5 Å². The van der Waals surface area contributed by atoms with Gasteiger partial charge in [0, 0.05) is 23.7 Å². The summed E-state index contributed by atoms with van der Waals surface area (Å²) >= 11 is 0. The monoisotopic (exact) mass is 258 g/mol. The molecule has 0 aliphatic carbocycles. The number of nitrogens with one attached hydrogen (secondary N) is 1. The van der Waals surface area contributed by atoms with Crippen molar-refractivity contribution >= 4 is 0 Å². The van der Waals surface area contributed by atoms with Gasteiger partial charge < -0.3 is 9.84 Å². The summed E-state index contributed by atoms with van der Waals surface area (Å²) in [7, 11) is 0. The summed E-state index contributed by atoms with van der Waals surface area (Å²) in [6.07, 6.45) is 1.05. The minimum Gasteiger partial charge on any atom is -0.356 e. The number of nitrogens with zero attached hydrogens (tertiary/aromatic N) is 1. The molecular weight excluding hydrogens is 236 g/mol. The molecule has 2 rings (SSSR count). The van der Waals surface area contributed by atoms with Gasteiger partial charge in [-0.15, -0.1) is 0 Å². The highest BCUT2D eigenvalue weighted by Crippen LogP contribution is 2.21. The molecule has 1 aromatic carbocycles. The Balaban J connectivity index is 2.07. The molecule has 0 bridgehead atoms. The molecule has 0 saturated carbocycles. The van der Waals surface area contributed by atoms with Gasteiger partial charge in [0.25, 0.3) is 0 Å². The molecule has 0 radical (unpaired) electrons. The fraction of sp³-hybridized carbons (Fsp3) is 0.438. The van der Waals surface area contributed by atoms with Crippen LogP contribution in [-0.2, 0) is 13.0 Å². The van der Waals surface area contributed by atoms with Crippen molar-refractivity contribution in [2.45, 2.75) is 46.2 Å². The third-order valence-corrected chi connectivity index (χ3v) is 3.01. The molecule has 0 aliphatic rings. The Bertz CT molecular complexity index is 520. The van der Waals surface area contributed by atoms with Crippen molar-refractivity contribution in [1.29, 1.82) is 0 Å². The molecule has 3 nitrogen and oxygen atoms in total. The Kier molecular flexibility index (Phi) is 4.05. The maximum absolute atomic E-state index is 5.40. The molecule has 0 amide bonds. The van der Waals surface area contributed by atoms with E-state index < -0.39 is 0 Å². The van der Waals surface area contributed by atoms with E-state index in [9.17, 15) is 0 Å². The molecular formula is C16H22N2O. The van der Waals surface area contributed by atoms with Gasteiger partial charge in [0.2, 0.25) is 0 Å². The van der Waals surface area contributed by atoms with Crippen molar-refractivity contribution in [3.05, 3.63) is 41.6 Å². The second-order valence-corrected chi connectivity index (χ2v) is 5.84. The smallest absolute Gasteiger partial charge is 0.167 e. The predicted octanol–water partition coefficient (Wildman–Crippen LogP) is 3.79. The van der Waals surface area contributed by atoms with Crippen LogP contribution in [0.3, 0.4) is 0 Å². The molecule has 1 N–H and O–H groups in total. The lowest BCUT2D eigenvalue weighted by Crippen LogP contribution is -2.35. The largest absolute Gasteiger partial charge is 0.356 e. The Morgan fingerprint density at radius 1 is 1.16 bits per heavy atom. The van der Waals surface area contributed by atoms with Crippen molar-refractivity contribution in [3.8, 4) is 11.3 Å². The van der Waals surface area contributed by atoms with E-state index in [1.54, 1.807) is 0 Å². The molecule has 0 aliphatic heterocycles. The molecule has 102 valence electrons. The van der Waals surface area contributed by atoms with E-state index in [2.05, 4.69) is 62.4 Å². The van der Waals surface area contributed by atoms with Crippen LogP contribution in [-0.4, -0.2) is 10.7 Å². The Morgan fingerprint density at radius 3 is 2.42 bits per heavy atom. The standard InChI is InChI=1S/C16H22N2O/c1-5-12-6-8-13(9-7-12)15-10-14(18-19-15)11-17-16(2,3)4/h6-10,17H,5,11H2,1-4H3. The van der Waals surface area contributed by atoms with Gasteiger partial charge in [-0.05, 0) is 32.8 Å². The lowest BCUT2D eigenvalue weighted by Gasteiger charge is -2.19. The summed E-state index contributed by atoms with van der Waals surface area (Å²) < 4.78 is 5.40. The van der Waals surface area contributed by atoms with E-state index in [-0.39, 0.29) is 5.54 Å². The van der Waals surface area contributed by atoms with Gasteiger partial charge in [-0.3, -0.25) is 0 Å². The molecule has 1 heterocycles. The van der Waals surface area contributed by atoms with E-state index in [0.29, 0.717) is 0 Å². The number of aromatic nitrogens is 1. The van der Waals surface area contributed by atoms with Crippen LogP contribution in [0, 0.1) is 0 Å². The van der Waals surface area contributed by atoms with Gasteiger partial charge in [-0.1, -0.05) is 36.3 Å². The first-order valence-corrected chi connectivity index (χ1v) is 6.78. The fourth-order valence-electron chi connectivity index (χ4n) is 1.79. The van der Waals surface area contributed by atoms with Gasteiger partial charge in [0.15, 0.2) is 5.76 Å². The Labute approximate surface area is 115 Å². The summed E-state index contributed by atoms with van der Waals surface area (Å²) in [6.45, 7) is 9.28. The molecule has 0 atom stereocenters. The van der Waals surface area contributed by atoms with E-state index in [1.807, 2.05) is 6.07 Å².